The number of aromatic nitrogens is 3. The summed E-state index contributed by atoms with van der Waals surface area (Å²) in [6, 6.07) is 3.84. The Balaban J connectivity index is 1.42. The summed E-state index contributed by atoms with van der Waals surface area (Å²) in [6.07, 6.45) is 10.9. The van der Waals surface area contributed by atoms with Crippen molar-refractivity contribution in [3.63, 3.8) is 0 Å². The Kier molecular flexibility index (Phi) is 7.14. The van der Waals surface area contributed by atoms with Gasteiger partial charge in [-0.25, -0.2) is 10.8 Å². The number of nitrogens with zero attached hydrogens (tertiary/aromatic N) is 4. The number of hydrogen-bond acceptors (Lipinski definition) is 9. The number of likely N-dealkylation sites (N-methyl/N-ethyl adjacent to an activating group) is 1. The Bertz CT molecular complexity index is 930. The topological polar surface area (TPSA) is 128 Å². The van der Waals surface area contributed by atoms with E-state index in [1.807, 2.05) is 19.1 Å². The number of nitrogens with two attached hydrogens (primary N) is 2. The Morgan fingerprint density at radius 2 is 1.94 bits per heavy atom. The van der Waals surface area contributed by atoms with E-state index in [1.54, 1.807) is 7.05 Å². The summed E-state index contributed by atoms with van der Waals surface area (Å²) in [5, 5.41) is 8.67. The number of rotatable bonds is 9. The van der Waals surface area contributed by atoms with E-state index in [4.69, 9.17) is 20.8 Å². The Morgan fingerprint density at radius 3 is 2.59 bits per heavy atom. The van der Waals surface area contributed by atoms with Gasteiger partial charge in [-0.15, -0.1) is 0 Å². The summed E-state index contributed by atoms with van der Waals surface area (Å²) in [7, 11) is 1.75. The van der Waals surface area contributed by atoms with Crippen LogP contribution in [-0.4, -0.2) is 39.8 Å². The normalized spacial score (nSPS) is 18.1. The third-order valence-electron chi connectivity index (χ3n) is 6.47. The van der Waals surface area contributed by atoms with E-state index >= 15 is 0 Å². The number of aryl methyl sites for hydroxylation is 1. The number of hydrogen-bond donors (Lipinski definition) is 3. The number of pyridine rings is 1. The van der Waals surface area contributed by atoms with Gasteiger partial charge in [0, 0.05) is 13.5 Å². The molecule has 2 aromatic heterocycles. The molecule has 9 heteroatoms. The molecule has 174 valence electrons. The molecule has 5 N–H and O–H groups in total. The van der Waals surface area contributed by atoms with Gasteiger partial charge in [0.05, 0.1) is 35.4 Å². The molecule has 2 heterocycles. The lowest BCUT2D eigenvalue weighted by Gasteiger charge is -2.24. The van der Waals surface area contributed by atoms with Crippen molar-refractivity contribution >= 4 is 11.6 Å². The minimum absolute atomic E-state index is 0.280. The van der Waals surface area contributed by atoms with Crippen molar-refractivity contribution in [2.75, 3.05) is 18.9 Å². The fourth-order valence-corrected chi connectivity index (χ4v) is 4.26. The molecule has 2 aliphatic carbocycles. The van der Waals surface area contributed by atoms with Crippen molar-refractivity contribution in [1.82, 2.24) is 20.1 Å². The molecule has 2 aliphatic rings. The van der Waals surface area contributed by atoms with Gasteiger partial charge in [-0.3, -0.25) is 0 Å². The van der Waals surface area contributed by atoms with Gasteiger partial charge in [0.2, 0.25) is 5.89 Å². The standard InChI is InChI=1S/C23H35N7O2/c1-15-20(31-17-9-4-3-5-10-17)12-11-18(27-15)22(24)19(30(2)25)14-26-23-28-21(32-29-23)13-16-7-6-8-16/h11-12,16-17H,3-10,13-14,24-25H2,1-2H3,(H,26,29)/b22-19-. The molecule has 0 amide bonds. The highest BCUT2D eigenvalue weighted by Gasteiger charge is 2.21. The maximum absolute atomic E-state index is 6.45. The second-order valence-corrected chi connectivity index (χ2v) is 9.00. The van der Waals surface area contributed by atoms with Crippen LogP contribution in [0.4, 0.5) is 5.95 Å². The molecule has 0 aliphatic heterocycles. The smallest absolute Gasteiger partial charge is 0.263 e. The summed E-state index contributed by atoms with van der Waals surface area (Å²) in [6.45, 7) is 2.30. The average Bonchev–Trinajstić information content (AvgIpc) is 3.20. The summed E-state index contributed by atoms with van der Waals surface area (Å²) in [4.78, 5) is 9.11. The summed E-state index contributed by atoms with van der Waals surface area (Å²) >= 11 is 0. The second-order valence-electron chi connectivity index (χ2n) is 9.00. The molecule has 0 unspecified atom stereocenters. The maximum atomic E-state index is 6.45. The van der Waals surface area contributed by atoms with Crippen LogP contribution in [0, 0.1) is 12.8 Å². The van der Waals surface area contributed by atoms with Gasteiger partial charge in [0.1, 0.15) is 5.75 Å². The van der Waals surface area contributed by atoms with E-state index < -0.39 is 0 Å². The summed E-state index contributed by atoms with van der Waals surface area (Å²) in [5.41, 5.74) is 9.11. The molecule has 2 aromatic rings. The largest absolute Gasteiger partial charge is 0.489 e. The van der Waals surface area contributed by atoms with E-state index in [2.05, 4.69) is 20.4 Å². The van der Waals surface area contributed by atoms with E-state index in [0.29, 0.717) is 41.4 Å². The molecule has 0 aromatic carbocycles. The van der Waals surface area contributed by atoms with Crippen molar-refractivity contribution in [2.24, 2.45) is 17.5 Å². The quantitative estimate of drug-likeness (QED) is 0.396. The highest BCUT2D eigenvalue weighted by Crippen LogP contribution is 2.29. The molecule has 0 spiro atoms. The van der Waals surface area contributed by atoms with Crippen LogP contribution >= 0.6 is 0 Å². The Labute approximate surface area is 189 Å². The maximum Gasteiger partial charge on any atom is 0.263 e. The Hall–Kier alpha value is -2.81. The van der Waals surface area contributed by atoms with Gasteiger partial charge in [-0.05, 0) is 68.7 Å². The van der Waals surface area contributed by atoms with Gasteiger partial charge in [-0.1, -0.05) is 12.8 Å². The van der Waals surface area contributed by atoms with Crippen molar-refractivity contribution < 1.29 is 9.26 Å². The molecule has 4 rings (SSSR count). The molecule has 0 atom stereocenters. The van der Waals surface area contributed by atoms with Crippen LogP contribution in [0.15, 0.2) is 22.4 Å². The zero-order valence-corrected chi connectivity index (χ0v) is 19.1. The molecule has 2 fully saturated rings. The van der Waals surface area contributed by atoms with Crippen molar-refractivity contribution in [1.29, 1.82) is 0 Å². The lowest BCUT2D eigenvalue weighted by Crippen LogP contribution is -2.32. The first-order valence-corrected chi connectivity index (χ1v) is 11.7. The fraction of sp³-hybridized carbons (Fsp3) is 0.609. The fourth-order valence-electron chi connectivity index (χ4n) is 4.26. The average molecular weight is 442 g/mol. The van der Waals surface area contributed by atoms with E-state index in [-0.39, 0.29) is 6.10 Å². The first-order chi connectivity index (χ1) is 15.5. The minimum atomic E-state index is 0.280. The van der Waals surface area contributed by atoms with Crippen LogP contribution in [0.5, 0.6) is 5.75 Å². The number of hydrazine groups is 1. The molecule has 9 nitrogen and oxygen atoms in total. The second kappa shape index (κ2) is 10.2. The number of anilines is 1. The first kappa shape index (κ1) is 22.4. The Morgan fingerprint density at radius 1 is 1.16 bits per heavy atom. The molecule has 0 radical (unpaired) electrons. The highest BCUT2D eigenvalue weighted by molar-refractivity contribution is 5.64. The highest BCUT2D eigenvalue weighted by atomic mass is 16.5. The van der Waals surface area contributed by atoms with E-state index in [1.165, 1.54) is 43.5 Å². The molecule has 32 heavy (non-hydrogen) atoms. The van der Waals surface area contributed by atoms with Gasteiger partial charge in [0.25, 0.3) is 5.95 Å². The predicted molar refractivity (Wildman–Crippen MR) is 123 cm³/mol. The van der Waals surface area contributed by atoms with Crippen LogP contribution in [-0.2, 0) is 6.42 Å². The first-order valence-electron chi connectivity index (χ1n) is 11.7. The molecule has 0 bridgehead atoms. The zero-order valence-electron chi connectivity index (χ0n) is 19.1. The summed E-state index contributed by atoms with van der Waals surface area (Å²) in [5.74, 6) is 8.66. The minimum Gasteiger partial charge on any atom is -0.489 e. The molecule has 0 saturated heterocycles. The number of ether oxygens (including phenoxy) is 1. The van der Waals surface area contributed by atoms with Gasteiger partial charge in [-0.2, -0.15) is 4.98 Å². The summed E-state index contributed by atoms with van der Waals surface area (Å²) < 4.78 is 11.5. The van der Waals surface area contributed by atoms with Gasteiger partial charge < -0.3 is 25.3 Å². The molecule has 2 saturated carbocycles. The van der Waals surface area contributed by atoms with E-state index in [0.717, 1.165) is 30.7 Å². The molecular weight excluding hydrogens is 406 g/mol. The van der Waals surface area contributed by atoms with Crippen molar-refractivity contribution in [3.8, 4) is 5.75 Å². The third kappa shape index (κ3) is 5.51. The lowest BCUT2D eigenvalue weighted by molar-refractivity contribution is 0.153. The van der Waals surface area contributed by atoms with Crippen LogP contribution < -0.4 is 21.6 Å². The van der Waals surface area contributed by atoms with Gasteiger partial charge >= 0.3 is 0 Å². The zero-order chi connectivity index (χ0) is 22.5. The third-order valence-corrected chi connectivity index (χ3v) is 6.47. The van der Waals surface area contributed by atoms with Crippen LogP contribution in [0.1, 0.15) is 68.6 Å². The van der Waals surface area contributed by atoms with Crippen LogP contribution in [0.25, 0.3) is 5.70 Å². The van der Waals surface area contributed by atoms with Gasteiger partial charge in [0.15, 0.2) is 0 Å². The predicted octanol–water partition coefficient (Wildman–Crippen LogP) is 3.37. The van der Waals surface area contributed by atoms with Crippen LogP contribution in [0.3, 0.4) is 0 Å². The monoisotopic (exact) mass is 441 g/mol. The van der Waals surface area contributed by atoms with Crippen LogP contribution in [0.2, 0.25) is 0 Å². The number of nitrogens with one attached hydrogen (secondary N) is 1. The van der Waals surface area contributed by atoms with Crippen molar-refractivity contribution in [2.45, 2.75) is 70.8 Å². The van der Waals surface area contributed by atoms with Crippen molar-refractivity contribution in [3.05, 3.63) is 35.1 Å². The molecular formula is C23H35N7O2. The lowest BCUT2D eigenvalue weighted by atomic mass is 9.83. The SMILES string of the molecule is Cc1nc(/C(N)=C(\CNc2noc(CC3CCC3)n2)N(C)N)ccc1OC1CCCCC1. The van der Waals surface area contributed by atoms with E-state index in [9.17, 15) is 0 Å².